The Balaban J connectivity index is 1.07. The number of nitrogen functional groups attached to an aromatic ring is 1. The van der Waals surface area contributed by atoms with Gasteiger partial charge in [-0.2, -0.15) is 0 Å². The van der Waals surface area contributed by atoms with Gasteiger partial charge in [0.2, 0.25) is 5.88 Å². The van der Waals surface area contributed by atoms with Gasteiger partial charge in [0.25, 0.3) is 0 Å². The number of fused-ring (bicyclic) bond motifs is 2. The van der Waals surface area contributed by atoms with Crippen LogP contribution in [-0.4, -0.2) is 59.5 Å². The first kappa shape index (κ1) is 26.3. The molecule has 0 saturated carbocycles. The van der Waals surface area contributed by atoms with E-state index >= 15 is 0 Å². The number of benzene rings is 3. The predicted octanol–water partition coefficient (Wildman–Crippen LogP) is 4.78. The van der Waals surface area contributed by atoms with Crippen LogP contribution < -0.4 is 15.2 Å². The molecule has 7 rings (SSSR count). The molecule has 3 aromatic heterocycles. The van der Waals surface area contributed by atoms with Crippen LogP contribution in [0.15, 0.2) is 79.4 Å². The van der Waals surface area contributed by atoms with Crippen molar-refractivity contribution in [1.82, 2.24) is 34.2 Å². The van der Waals surface area contributed by atoms with Crippen molar-refractivity contribution in [2.24, 2.45) is 7.05 Å². The molecule has 0 radical (unpaired) electrons. The number of hydrogen-bond donors (Lipinski definition) is 1. The molecule has 0 bridgehead atoms. The molecule has 6 aromatic rings. The molecule has 43 heavy (non-hydrogen) atoms. The molecule has 0 unspecified atom stereocenters. The first-order valence-corrected chi connectivity index (χ1v) is 13.7. The van der Waals surface area contributed by atoms with Gasteiger partial charge in [-0.1, -0.05) is 30.3 Å². The Morgan fingerprint density at radius 1 is 1.02 bits per heavy atom. The van der Waals surface area contributed by atoms with Crippen molar-refractivity contribution < 1.29 is 19.0 Å². The van der Waals surface area contributed by atoms with Gasteiger partial charge in [0, 0.05) is 13.1 Å². The molecule has 1 fully saturated rings. The van der Waals surface area contributed by atoms with E-state index in [2.05, 4.69) is 15.0 Å². The summed E-state index contributed by atoms with van der Waals surface area (Å²) in [4.78, 5) is 27.0. The summed E-state index contributed by atoms with van der Waals surface area (Å²) in [6, 6.07) is 21.1. The smallest absolute Gasteiger partial charge is 0.410 e. The highest BCUT2D eigenvalue weighted by molar-refractivity contribution is 5.91. The summed E-state index contributed by atoms with van der Waals surface area (Å²) >= 11 is 0. The van der Waals surface area contributed by atoms with E-state index in [4.69, 9.17) is 25.0 Å². The average Bonchev–Trinajstić information content (AvgIpc) is 3.55. The van der Waals surface area contributed by atoms with Crippen LogP contribution in [0.3, 0.4) is 0 Å². The number of carbonyl (C=O) groups is 1. The van der Waals surface area contributed by atoms with Crippen LogP contribution in [0.4, 0.5) is 10.6 Å². The van der Waals surface area contributed by atoms with Crippen LogP contribution in [-0.2, 0) is 18.4 Å². The average molecular weight is 577 g/mol. The van der Waals surface area contributed by atoms with Gasteiger partial charge < -0.3 is 29.4 Å². The molecule has 1 aliphatic rings. The minimum Gasteiger partial charge on any atom is -0.469 e. The lowest BCUT2D eigenvalue weighted by Gasteiger charge is -2.37. The van der Waals surface area contributed by atoms with Gasteiger partial charge in [0.05, 0.1) is 36.1 Å². The number of ether oxygens (including phenoxy) is 3. The molecule has 1 amide bonds. The van der Waals surface area contributed by atoms with Gasteiger partial charge in [-0.3, -0.25) is 0 Å². The number of anilines is 1. The second-order valence-corrected chi connectivity index (χ2v) is 10.4. The van der Waals surface area contributed by atoms with Crippen molar-refractivity contribution in [3.05, 3.63) is 90.5 Å². The standard InChI is InChI=1S/C31H28N8O4/c1-19-12-21(8-11-26(19)42-22-9-10-25-24(13-22)35-18-37(25)2)39-29-27(28(32)33-17-34-29)30(36-39)43-23-14-38(15-23)31(40)41-16-20-6-4-3-5-7-20/h3-13,17-18,23H,14-16H2,1-2H3,(H2,32,33,34). The van der Waals surface area contributed by atoms with Gasteiger partial charge >= 0.3 is 6.09 Å². The van der Waals surface area contributed by atoms with Gasteiger partial charge in [-0.25, -0.2) is 24.4 Å². The van der Waals surface area contributed by atoms with Crippen LogP contribution in [0.2, 0.25) is 0 Å². The highest BCUT2D eigenvalue weighted by Crippen LogP contribution is 2.34. The first-order valence-electron chi connectivity index (χ1n) is 13.7. The maximum absolute atomic E-state index is 12.5. The summed E-state index contributed by atoms with van der Waals surface area (Å²) in [5, 5.41) is 5.21. The van der Waals surface area contributed by atoms with E-state index < -0.39 is 0 Å². The largest absolute Gasteiger partial charge is 0.469 e. The number of nitrogens with two attached hydrogens (primary N) is 1. The molecule has 216 valence electrons. The van der Waals surface area contributed by atoms with Gasteiger partial charge in [0.15, 0.2) is 5.65 Å². The van der Waals surface area contributed by atoms with Crippen molar-refractivity contribution in [2.45, 2.75) is 19.6 Å². The minimum atomic E-state index is -0.389. The Hall–Kier alpha value is -5.65. The van der Waals surface area contributed by atoms with E-state index in [1.54, 1.807) is 15.9 Å². The fourth-order valence-corrected chi connectivity index (χ4v) is 5.02. The molecule has 12 heteroatoms. The third-order valence-corrected chi connectivity index (χ3v) is 7.38. The number of nitrogens with zero attached hydrogens (tertiary/aromatic N) is 7. The summed E-state index contributed by atoms with van der Waals surface area (Å²) < 4.78 is 21.4. The normalized spacial score (nSPS) is 13.3. The van der Waals surface area contributed by atoms with Gasteiger partial charge in [-0.05, 0) is 48.4 Å². The minimum absolute atomic E-state index is 0.216. The van der Waals surface area contributed by atoms with E-state index in [1.165, 1.54) is 6.33 Å². The van der Waals surface area contributed by atoms with Gasteiger partial charge in [-0.15, -0.1) is 5.10 Å². The van der Waals surface area contributed by atoms with E-state index in [0.717, 1.165) is 27.8 Å². The zero-order chi connectivity index (χ0) is 29.5. The number of aryl methyl sites for hydroxylation is 2. The topological polar surface area (TPSA) is 135 Å². The second-order valence-electron chi connectivity index (χ2n) is 10.4. The van der Waals surface area contributed by atoms with E-state index in [1.807, 2.05) is 85.3 Å². The SMILES string of the molecule is Cc1cc(-n2nc(OC3CN(C(=O)OCc4ccccc4)C3)c3c(N)ncnc32)ccc1Oc1ccc2c(c1)ncn2C. The van der Waals surface area contributed by atoms with Crippen molar-refractivity contribution in [3.63, 3.8) is 0 Å². The summed E-state index contributed by atoms with van der Waals surface area (Å²) in [6.07, 6.45) is 2.51. The third-order valence-electron chi connectivity index (χ3n) is 7.38. The van der Waals surface area contributed by atoms with Crippen molar-refractivity contribution in [1.29, 1.82) is 0 Å². The molecule has 1 aliphatic heterocycles. The maximum Gasteiger partial charge on any atom is 0.410 e. The lowest BCUT2D eigenvalue weighted by molar-refractivity contribution is 0.00727. The number of aromatic nitrogens is 6. The predicted molar refractivity (Wildman–Crippen MR) is 159 cm³/mol. The zero-order valence-corrected chi connectivity index (χ0v) is 23.5. The second kappa shape index (κ2) is 10.6. The lowest BCUT2D eigenvalue weighted by atomic mass is 10.2. The molecule has 4 heterocycles. The number of rotatable bonds is 7. The quantitative estimate of drug-likeness (QED) is 0.285. The number of amides is 1. The molecule has 3 aromatic carbocycles. The highest BCUT2D eigenvalue weighted by Gasteiger charge is 2.35. The van der Waals surface area contributed by atoms with Crippen molar-refractivity contribution in [3.8, 4) is 23.1 Å². The van der Waals surface area contributed by atoms with Crippen molar-refractivity contribution >= 4 is 34.0 Å². The summed E-state index contributed by atoms with van der Waals surface area (Å²) in [5.74, 6) is 1.96. The Kier molecular flexibility index (Phi) is 6.50. The Labute approximate surface area is 246 Å². The van der Waals surface area contributed by atoms with Gasteiger partial charge in [0.1, 0.15) is 41.7 Å². The fourth-order valence-electron chi connectivity index (χ4n) is 5.02. The van der Waals surface area contributed by atoms with E-state index in [-0.39, 0.29) is 24.6 Å². The molecule has 0 aliphatic carbocycles. The Morgan fingerprint density at radius 2 is 1.86 bits per heavy atom. The molecule has 0 spiro atoms. The first-order chi connectivity index (χ1) is 20.9. The fraction of sp³-hybridized carbons (Fsp3) is 0.194. The van der Waals surface area contributed by atoms with Crippen LogP contribution in [0.25, 0.3) is 27.8 Å². The van der Waals surface area contributed by atoms with Crippen LogP contribution in [0.1, 0.15) is 11.1 Å². The third kappa shape index (κ3) is 5.03. The molecule has 2 N–H and O–H groups in total. The Morgan fingerprint density at radius 3 is 2.67 bits per heavy atom. The van der Waals surface area contributed by atoms with Crippen molar-refractivity contribution in [2.75, 3.05) is 18.8 Å². The maximum atomic E-state index is 12.5. The molecular weight excluding hydrogens is 548 g/mol. The number of hydrogen-bond acceptors (Lipinski definition) is 9. The van der Waals surface area contributed by atoms with Crippen LogP contribution >= 0.6 is 0 Å². The van der Waals surface area contributed by atoms with Crippen LogP contribution in [0.5, 0.6) is 17.4 Å². The number of imidazole rings is 1. The molecular formula is C31H28N8O4. The van der Waals surface area contributed by atoms with E-state index in [9.17, 15) is 4.79 Å². The lowest BCUT2D eigenvalue weighted by Crippen LogP contribution is -2.56. The molecule has 1 saturated heterocycles. The summed E-state index contributed by atoms with van der Waals surface area (Å²) in [6.45, 7) is 2.91. The van der Waals surface area contributed by atoms with E-state index in [0.29, 0.717) is 41.5 Å². The Bertz CT molecular complexity index is 1960. The monoisotopic (exact) mass is 576 g/mol. The molecule has 0 atom stereocenters. The van der Waals surface area contributed by atoms with Crippen LogP contribution in [0, 0.1) is 6.92 Å². The summed E-state index contributed by atoms with van der Waals surface area (Å²) in [7, 11) is 1.96. The number of carbonyl (C=O) groups excluding carboxylic acids is 1. The highest BCUT2D eigenvalue weighted by atomic mass is 16.6. The number of likely N-dealkylation sites (tertiary alicyclic amines) is 1. The zero-order valence-electron chi connectivity index (χ0n) is 23.5. The molecule has 12 nitrogen and oxygen atoms in total. The summed E-state index contributed by atoms with van der Waals surface area (Å²) in [5.41, 5.74) is 11.2.